The summed E-state index contributed by atoms with van der Waals surface area (Å²) < 4.78 is 18.6. The summed E-state index contributed by atoms with van der Waals surface area (Å²) in [5.74, 6) is -1.97. The van der Waals surface area contributed by atoms with Gasteiger partial charge in [-0.25, -0.2) is 9.18 Å². The van der Waals surface area contributed by atoms with Crippen molar-refractivity contribution in [2.45, 2.75) is 13.5 Å². The maximum Gasteiger partial charge on any atom is 0.340 e. The Morgan fingerprint density at radius 2 is 1.90 bits per heavy atom. The lowest BCUT2D eigenvalue weighted by molar-refractivity contribution is -0.124. The zero-order valence-corrected chi connectivity index (χ0v) is 16.9. The molecular formula is C22H19FN2O4S. The number of halogens is 1. The van der Waals surface area contributed by atoms with Gasteiger partial charge < -0.3 is 15.4 Å². The van der Waals surface area contributed by atoms with Crippen molar-refractivity contribution in [3.63, 3.8) is 0 Å². The van der Waals surface area contributed by atoms with Gasteiger partial charge in [-0.1, -0.05) is 24.3 Å². The van der Waals surface area contributed by atoms with Crippen LogP contribution in [0.5, 0.6) is 0 Å². The Balaban J connectivity index is 1.55. The second-order valence-corrected chi connectivity index (χ2v) is 7.23. The molecule has 0 aliphatic heterocycles. The zero-order chi connectivity index (χ0) is 21.5. The third-order valence-electron chi connectivity index (χ3n) is 4.24. The highest BCUT2D eigenvalue weighted by molar-refractivity contribution is 7.08. The van der Waals surface area contributed by atoms with Crippen molar-refractivity contribution in [2.24, 2.45) is 0 Å². The molecule has 154 valence electrons. The summed E-state index contributed by atoms with van der Waals surface area (Å²) in [6.45, 7) is 1.26. The van der Waals surface area contributed by atoms with Crippen LogP contribution in [0.2, 0.25) is 0 Å². The summed E-state index contributed by atoms with van der Waals surface area (Å²) in [5.41, 5.74) is 2.02. The number of benzene rings is 2. The monoisotopic (exact) mass is 426 g/mol. The smallest absolute Gasteiger partial charge is 0.340 e. The second kappa shape index (κ2) is 9.80. The number of nitrogens with one attached hydrogen (secondary N) is 2. The minimum atomic E-state index is -0.743. The van der Waals surface area contributed by atoms with Crippen molar-refractivity contribution in [3.05, 3.63) is 87.4 Å². The largest absolute Gasteiger partial charge is 0.452 e. The van der Waals surface area contributed by atoms with Crippen molar-refractivity contribution in [1.82, 2.24) is 5.32 Å². The highest BCUT2D eigenvalue weighted by atomic mass is 32.1. The lowest BCUT2D eigenvalue weighted by Crippen LogP contribution is -2.28. The SMILES string of the molecule is Cc1ccc(CNC(=O)COC(=O)c2ccccc2NC(=O)c2ccsc2)cc1F. The molecule has 30 heavy (non-hydrogen) atoms. The van der Waals surface area contributed by atoms with E-state index < -0.39 is 18.5 Å². The molecule has 2 N–H and O–H groups in total. The van der Waals surface area contributed by atoms with Gasteiger partial charge in [0, 0.05) is 11.9 Å². The van der Waals surface area contributed by atoms with Gasteiger partial charge >= 0.3 is 5.97 Å². The van der Waals surface area contributed by atoms with Crippen LogP contribution < -0.4 is 10.6 Å². The maximum atomic E-state index is 13.6. The fourth-order valence-corrected chi connectivity index (χ4v) is 3.20. The molecule has 0 atom stereocenters. The van der Waals surface area contributed by atoms with Gasteiger partial charge in [0.05, 0.1) is 16.8 Å². The minimum absolute atomic E-state index is 0.112. The molecule has 0 spiro atoms. The van der Waals surface area contributed by atoms with Crippen LogP contribution in [-0.2, 0) is 16.1 Å². The van der Waals surface area contributed by atoms with Crippen LogP contribution in [0, 0.1) is 12.7 Å². The normalized spacial score (nSPS) is 10.3. The van der Waals surface area contributed by atoms with E-state index in [4.69, 9.17) is 4.74 Å². The Morgan fingerprint density at radius 1 is 1.10 bits per heavy atom. The number of anilines is 1. The Labute approximate surface area is 176 Å². The van der Waals surface area contributed by atoms with E-state index in [1.807, 2.05) is 0 Å². The molecule has 0 radical (unpaired) electrons. The molecule has 6 nitrogen and oxygen atoms in total. The van der Waals surface area contributed by atoms with Gasteiger partial charge in [-0.05, 0) is 47.7 Å². The summed E-state index contributed by atoms with van der Waals surface area (Å²) in [5, 5.41) is 8.71. The van der Waals surface area contributed by atoms with Gasteiger partial charge in [0.15, 0.2) is 6.61 Å². The first-order valence-corrected chi connectivity index (χ1v) is 10.00. The van der Waals surface area contributed by atoms with Crippen molar-refractivity contribution in [3.8, 4) is 0 Å². The Kier molecular flexibility index (Phi) is 6.92. The molecule has 8 heteroatoms. The van der Waals surface area contributed by atoms with Crippen molar-refractivity contribution >= 4 is 34.8 Å². The molecule has 0 aliphatic rings. The van der Waals surface area contributed by atoms with Crippen molar-refractivity contribution in [1.29, 1.82) is 0 Å². The average Bonchev–Trinajstić information content (AvgIpc) is 3.28. The summed E-state index contributed by atoms with van der Waals surface area (Å²) in [6.07, 6.45) is 0. The number of para-hydroxylation sites is 1. The molecule has 1 aromatic heterocycles. The fourth-order valence-electron chi connectivity index (χ4n) is 2.57. The molecule has 2 amide bonds. The van der Waals surface area contributed by atoms with E-state index in [-0.39, 0.29) is 29.5 Å². The van der Waals surface area contributed by atoms with Gasteiger partial charge in [-0.3, -0.25) is 9.59 Å². The topological polar surface area (TPSA) is 84.5 Å². The van der Waals surface area contributed by atoms with Crippen LogP contribution in [0.15, 0.2) is 59.3 Å². The lowest BCUT2D eigenvalue weighted by atomic mass is 10.1. The van der Waals surface area contributed by atoms with Crippen LogP contribution >= 0.6 is 11.3 Å². The summed E-state index contributed by atoms with van der Waals surface area (Å²) in [6, 6.07) is 12.7. The molecule has 0 saturated heterocycles. The van der Waals surface area contributed by atoms with Gasteiger partial charge in [0.2, 0.25) is 0 Å². The highest BCUT2D eigenvalue weighted by Gasteiger charge is 2.16. The van der Waals surface area contributed by atoms with E-state index in [9.17, 15) is 18.8 Å². The van der Waals surface area contributed by atoms with Gasteiger partial charge in [0.25, 0.3) is 11.8 Å². The molecule has 0 fully saturated rings. The van der Waals surface area contributed by atoms with Gasteiger partial charge in [0.1, 0.15) is 5.82 Å². The number of esters is 1. The average molecular weight is 426 g/mol. The van der Waals surface area contributed by atoms with Crippen LogP contribution in [0.25, 0.3) is 0 Å². The number of aryl methyl sites for hydroxylation is 1. The Hall–Kier alpha value is -3.52. The lowest BCUT2D eigenvalue weighted by Gasteiger charge is -2.11. The number of rotatable bonds is 7. The molecule has 0 aliphatic carbocycles. The minimum Gasteiger partial charge on any atom is -0.452 e. The standard InChI is InChI=1S/C22H19FN2O4S/c1-14-6-7-15(10-18(14)23)11-24-20(26)12-29-22(28)17-4-2-3-5-19(17)25-21(27)16-8-9-30-13-16/h2-10,13H,11-12H2,1H3,(H,24,26)(H,25,27). The van der Waals surface area contributed by atoms with Gasteiger partial charge in [-0.2, -0.15) is 11.3 Å². The number of hydrogen-bond acceptors (Lipinski definition) is 5. The Bertz CT molecular complexity index is 1070. The Morgan fingerprint density at radius 3 is 2.63 bits per heavy atom. The van der Waals surface area contributed by atoms with Crippen molar-refractivity contribution < 1.29 is 23.5 Å². The quantitative estimate of drug-likeness (QED) is 0.561. The van der Waals surface area contributed by atoms with Crippen LogP contribution in [-0.4, -0.2) is 24.4 Å². The predicted octanol–water partition coefficient (Wildman–Crippen LogP) is 3.92. The number of carbonyl (C=O) groups excluding carboxylic acids is 3. The molecular weight excluding hydrogens is 407 g/mol. The van der Waals surface area contributed by atoms with E-state index in [1.54, 1.807) is 54.1 Å². The molecule has 1 heterocycles. The fraction of sp³-hybridized carbons (Fsp3) is 0.136. The maximum absolute atomic E-state index is 13.6. The van der Waals surface area contributed by atoms with Crippen LogP contribution in [0.4, 0.5) is 10.1 Å². The molecule has 3 aromatic rings. The van der Waals surface area contributed by atoms with Crippen LogP contribution in [0.3, 0.4) is 0 Å². The van der Waals surface area contributed by atoms with Gasteiger partial charge in [-0.15, -0.1) is 0 Å². The molecule has 3 rings (SSSR count). The summed E-state index contributed by atoms with van der Waals surface area (Å²) in [7, 11) is 0. The first-order valence-electron chi connectivity index (χ1n) is 9.05. The van der Waals surface area contributed by atoms with E-state index in [1.165, 1.54) is 23.5 Å². The third-order valence-corrected chi connectivity index (χ3v) is 4.92. The summed E-state index contributed by atoms with van der Waals surface area (Å²) in [4.78, 5) is 36.6. The first kappa shape index (κ1) is 21.2. The van der Waals surface area contributed by atoms with E-state index in [2.05, 4.69) is 10.6 Å². The third kappa shape index (κ3) is 5.51. The molecule has 0 unspecified atom stereocenters. The molecule has 0 bridgehead atoms. The first-order chi connectivity index (χ1) is 14.4. The summed E-state index contributed by atoms with van der Waals surface area (Å²) >= 11 is 1.39. The number of amides is 2. The van der Waals surface area contributed by atoms with E-state index in [0.717, 1.165) is 0 Å². The predicted molar refractivity (Wildman–Crippen MR) is 112 cm³/mol. The van der Waals surface area contributed by atoms with E-state index in [0.29, 0.717) is 16.7 Å². The number of thiophene rings is 1. The highest BCUT2D eigenvalue weighted by Crippen LogP contribution is 2.18. The number of carbonyl (C=O) groups is 3. The van der Waals surface area contributed by atoms with Crippen molar-refractivity contribution in [2.75, 3.05) is 11.9 Å². The second-order valence-electron chi connectivity index (χ2n) is 6.45. The zero-order valence-electron chi connectivity index (χ0n) is 16.1. The van der Waals surface area contributed by atoms with E-state index >= 15 is 0 Å². The molecule has 0 saturated carbocycles. The number of ether oxygens (including phenoxy) is 1. The van der Waals surface area contributed by atoms with Crippen LogP contribution in [0.1, 0.15) is 31.8 Å². The number of hydrogen-bond donors (Lipinski definition) is 2. The molecule has 2 aromatic carbocycles.